The predicted octanol–water partition coefficient (Wildman–Crippen LogP) is 3.11. The highest BCUT2D eigenvalue weighted by Crippen LogP contribution is 2.36. The van der Waals surface area contributed by atoms with E-state index in [0.717, 1.165) is 29.8 Å². The smallest absolute Gasteiger partial charge is 0.228 e. The van der Waals surface area contributed by atoms with E-state index in [1.165, 1.54) is 19.3 Å². The van der Waals surface area contributed by atoms with Gasteiger partial charge < -0.3 is 15.8 Å². The minimum Gasteiger partial charge on any atom is -0.488 e. The molecule has 3 rings (SSSR count). The fraction of sp³-hybridized carbons (Fsp3) is 0.562. The SMILES string of the molecule is CCC1CCCCC1Oc1cc2c(cc1N)CC(=O)N2. The van der Waals surface area contributed by atoms with Crippen molar-refractivity contribution in [2.24, 2.45) is 5.92 Å². The Morgan fingerprint density at radius 1 is 1.35 bits per heavy atom. The maximum absolute atomic E-state index is 11.4. The maximum Gasteiger partial charge on any atom is 0.228 e. The molecule has 0 spiro atoms. The summed E-state index contributed by atoms with van der Waals surface area (Å²) < 4.78 is 6.17. The standard InChI is InChI=1S/C16H22N2O2/c1-2-10-5-3-4-6-14(10)20-15-9-13-11(7-12(15)17)8-16(19)18-13/h7,9-10,14H,2-6,8,17H2,1H3,(H,18,19). The topological polar surface area (TPSA) is 64.3 Å². The molecule has 0 radical (unpaired) electrons. The molecule has 20 heavy (non-hydrogen) atoms. The average Bonchev–Trinajstić information content (AvgIpc) is 2.79. The number of hydrogen-bond acceptors (Lipinski definition) is 3. The molecule has 3 N–H and O–H groups in total. The molecule has 2 unspecified atom stereocenters. The normalized spacial score (nSPS) is 25.1. The molecule has 0 saturated heterocycles. The van der Waals surface area contributed by atoms with Gasteiger partial charge in [0.25, 0.3) is 0 Å². The molecule has 0 bridgehead atoms. The van der Waals surface area contributed by atoms with Crippen LogP contribution in [0.15, 0.2) is 12.1 Å². The average molecular weight is 274 g/mol. The monoisotopic (exact) mass is 274 g/mol. The van der Waals surface area contributed by atoms with Gasteiger partial charge in [-0.3, -0.25) is 4.79 Å². The van der Waals surface area contributed by atoms with Gasteiger partial charge in [-0.05, 0) is 43.2 Å². The van der Waals surface area contributed by atoms with E-state index in [1.807, 2.05) is 12.1 Å². The number of carbonyl (C=O) groups is 1. The molecular weight excluding hydrogens is 252 g/mol. The number of nitrogens with two attached hydrogens (primary N) is 1. The van der Waals surface area contributed by atoms with E-state index in [4.69, 9.17) is 10.5 Å². The summed E-state index contributed by atoms with van der Waals surface area (Å²) in [5, 5.41) is 2.85. The summed E-state index contributed by atoms with van der Waals surface area (Å²) in [6.45, 7) is 2.22. The number of ether oxygens (including phenoxy) is 1. The lowest BCUT2D eigenvalue weighted by atomic mass is 9.85. The Kier molecular flexibility index (Phi) is 3.55. The molecule has 1 saturated carbocycles. The number of fused-ring (bicyclic) bond motifs is 1. The largest absolute Gasteiger partial charge is 0.488 e. The molecule has 1 aromatic rings. The zero-order valence-corrected chi connectivity index (χ0v) is 11.9. The second-order valence-electron chi connectivity index (χ2n) is 5.88. The Bertz CT molecular complexity index is 527. The number of rotatable bonds is 3. The van der Waals surface area contributed by atoms with E-state index < -0.39 is 0 Å². The fourth-order valence-electron chi connectivity index (χ4n) is 3.33. The molecule has 1 aromatic carbocycles. The molecule has 108 valence electrons. The van der Waals surface area contributed by atoms with Crippen LogP contribution in [-0.2, 0) is 11.2 Å². The number of amides is 1. The summed E-state index contributed by atoms with van der Waals surface area (Å²) in [5.41, 5.74) is 8.54. The zero-order valence-electron chi connectivity index (χ0n) is 11.9. The Morgan fingerprint density at radius 3 is 2.95 bits per heavy atom. The van der Waals surface area contributed by atoms with Gasteiger partial charge in [-0.25, -0.2) is 0 Å². The van der Waals surface area contributed by atoms with Crippen LogP contribution >= 0.6 is 0 Å². The molecule has 2 aliphatic rings. The molecule has 4 heteroatoms. The summed E-state index contributed by atoms with van der Waals surface area (Å²) in [4.78, 5) is 11.4. The van der Waals surface area contributed by atoms with Crippen LogP contribution in [0.5, 0.6) is 5.75 Å². The van der Waals surface area contributed by atoms with E-state index >= 15 is 0 Å². The van der Waals surface area contributed by atoms with Crippen molar-refractivity contribution in [1.29, 1.82) is 0 Å². The van der Waals surface area contributed by atoms with Crippen LogP contribution in [0.2, 0.25) is 0 Å². The number of anilines is 2. The van der Waals surface area contributed by atoms with Crippen LogP contribution in [0.25, 0.3) is 0 Å². The Balaban J connectivity index is 1.80. The lowest BCUT2D eigenvalue weighted by molar-refractivity contribution is -0.115. The van der Waals surface area contributed by atoms with Crippen molar-refractivity contribution >= 4 is 17.3 Å². The van der Waals surface area contributed by atoms with E-state index in [2.05, 4.69) is 12.2 Å². The first-order valence-electron chi connectivity index (χ1n) is 7.56. The molecule has 1 aliphatic heterocycles. The first-order valence-corrected chi connectivity index (χ1v) is 7.56. The number of nitrogens with one attached hydrogen (secondary N) is 1. The molecule has 2 atom stereocenters. The van der Waals surface area contributed by atoms with Gasteiger partial charge in [-0.2, -0.15) is 0 Å². The third kappa shape index (κ3) is 2.47. The van der Waals surface area contributed by atoms with Gasteiger partial charge in [0.2, 0.25) is 5.91 Å². The van der Waals surface area contributed by atoms with Crippen molar-refractivity contribution in [2.45, 2.75) is 51.6 Å². The highest BCUT2D eigenvalue weighted by atomic mass is 16.5. The zero-order chi connectivity index (χ0) is 14.1. The van der Waals surface area contributed by atoms with E-state index in [0.29, 0.717) is 18.0 Å². The Hall–Kier alpha value is -1.71. The van der Waals surface area contributed by atoms with E-state index in [9.17, 15) is 4.79 Å². The highest BCUT2D eigenvalue weighted by molar-refractivity contribution is 6.00. The summed E-state index contributed by atoms with van der Waals surface area (Å²) >= 11 is 0. The maximum atomic E-state index is 11.4. The van der Waals surface area contributed by atoms with Crippen molar-refractivity contribution in [3.63, 3.8) is 0 Å². The van der Waals surface area contributed by atoms with E-state index in [1.54, 1.807) is 0 Å². The molecule has 1 aliphatic carbocycles. The fourth-order valence-corrected chi connectivity index (χ4v) is 3.33. The molecule has 1 amide bonds. The highest BCUT2D eigenvalue weighted by Gasteiger charge is 2.27. The van der Waals surface area contributed by atoms with Gasteiger partial charge in [0.15, 0.2) is 0 Å². The second-order valence-corrected chi connectivity index (χ2v) is 5.88. The third-order valence-electron chi connectivity index (χ3n) is 4.50. The van der Waals surface area contributed by atoms with Gasteiger partial charge >= 0.3 is 0 Å². The van der Waals surface area contributed by atoms with Crippen LogP contribution in [0.1, 0.15) is 44.6 Å². The lowest BCUT2D eigenvalue weighted by Gasteiger charge is -2.31. The van der Waals surface area contributed by atoms with Crippen LogP contribution in [0, 0.1) is 5.92 Å². The number of hydrogen-bond donors (Lipinski definition) is 2. The Morgan fingerprint density at radius 2 is 2.15 bits per heavy atom. The predicted molar refractivity (Wildman–Crippen MR) is 79.9 cm³/mol. The summed E-state index contributed by atoms with van der Waals surface area (Å²) in [5.74, 6) is 1.36. The first-order chi connectivity index (χ1) is 9.67. The van der Waals surface area contributed by atoms with Gasteiger partial charge in [0.05, 0.1) is 12.1 Å². The van der Waals surface area contributed by atoms with Crippen molar-refractivity contribution in [1.82, 2.24) is 0 Å². The van der Waals surface area contributed by atoms with Crippen LogP contribution in [0.3, 0.4) is 0 Å². The minimum atomic E-state index is 0.0284. The van der Waals surface area contributed by atoms with Gasteiger partial charge in [0, 0.05) is 11.8 Å². The van der Waals surface area contributed by atoms with Crippen molar-refractivity contribution < 1.29 is 9.53 Å². The van der Waals surface area contributed by atoms with Crippen LogP contribution in [-0.4, -0.2) is 12.0 Å². The molecule has 1 heterocycles. The first kappa shape index (κ1) is 13.3. The van der Waals surface area contributed by atoms with Gasteiger partial charge in [-0.15, -0.1) is 0 Å². The van der Waals surface area contributed by atoms with Gasteiger partial charge in [0.1, 0.15) is 11.9 Å². The molecule has 4 nitrogen and oxygen atoms in total. The molecule has 0 aromatic heterocycles. The summed E-state index contributed by atoms with van der Waals surface area (Å²) in [6.07, 6.45) is 6.68. The summed E-state index contributed by atoms with van der Waals surface area (Å²) in [7, 11) is 0. The minimum absolute atomic E-state index is 0.0284. The Labute approximate surface area is 119 Å². The second kappa shape index (κ2) is 5.35. The quantitative estimate of drug-likeness (QED) is 0.832. The molecular formula is C16H22N2O2. The number of nitrogen functional groups attached to an aromatic ring is 1. The summed E-state index contributed by atoms with van der Waals surface area (Å²) in [6, 6.07) is 3.75. The number of benzene rings is 1. The lowest BCUT2D eigenvalue weighted by Crippen LogP contribution is -2.30. The van der Waals surface area contributed by atoms with Gasteiger partial charge in [-0.1, -0.05) is 13.3 Å². The van der Waals surface area contributed by atoms with Crippen molar-refractivity contribution in [3.8, 4) is 5.75 Å². The van der Waals surface area contributed by atoms with Crippen molar-refractivity contribution in [2.75, 3.05) is 11.1 Å². The third-order valence-corrected chi connectivity index (χ3v) is 4.50. The molecule has 1 fully saturated rings. The van der Waals surface area contributed by atoms with Crippen LogP contribution in [0.4, 0.5) is 11.4 Å². The van der Waals surface area contributed by atoms with Crippen molar-refractivity contribution in [3.05, 3.63) is 17.7 Å². The van der Waals surface area contributed by atoms with Crippen LogP contribution < -0.4 is 15.8 Å². The number of carbonyl (C=O) groups excluding carboxylic acids is 1. The van der Waals surface area contributed by atoms with E-state index in [-0.39, 0.29) is 12.0 Å².